The van der Waals surface area contributed by atoms with E-state index in [1.807, 2.05) is 38.1 Å². The molecule has 6 nitrogen and oxygen atoms in total. The Labute approximate surface area is 205 Å². The van der Waals surface area contributed by atoms with E-state index in [0.717, 1.165) is 16.0 Å². The molecule has 0 unspecified atom stereocenters. The van der Waals surface area contributed by atoms with Crippen molar-refractivity contribution in [3.8, 4) is 6.07 Å². The van der Waals surface area contributed by atoms with Crippen molar-refractivity contribution in [1.29, 1.82) is 5.26 Å². The number of aryl methyl sites for hydroxylation is 1. The van der Waals surface area contributed by atoms with E-state index in [9.17, 15) is 18.5 Å². The topological polar surface area (TPSA) is 90.3 Å². The Morgan fingerprint density at radius 1 is 1.00 bits per heavy atom. The molecule has 0 aliphatic carbocycles. The highest BCUT2D eigenvalue weighted by Gasteiger charge is 2.24. The molecule has 1 amide bonds. The fraction of sp³-hybridized carbons (Fsp3) is 0.231. The number of nitrogens with one attached hydrogen (secondary N) is 1. The molecule has 8 heteroatoms. The number of benzene rings is 3. The lowest BCUT2D eigenvalue weighted by Gasteiger charge is -2.20. The smallest absolute Gasteiger partial charge is 0.256 e. The lowest BCUT2D eigenvalue weighted by atomic mass is 10.1. The second kappa shape index (κ2) is 10.9. The number of sulfonamides is 1. The summed E-state index contributed by atoms with van der Waals surface area (Å²) in [6.07, 6.45) is 0. The van der Waals surface area contributed by atoms with Gasteiger partial charge in [0.25, 0.3) is 5.91 Å². The van der Waals surface area contributed by atoms with Crippen LogP contribution in [-0.2, 0) is 10.0 Å². The van der Waals surface area contributed by atoms with Gasteiger partial charge in [0.15, 0.2) is 0 Å². The van der Waals surface area contributed by atoms with Crippen molar-refractivity contribution in [1.82, 2.24) is 4.31 Å². The third-order valence-corrected chi connectivity index (χ3v) is 8.77. The Morgan fingerprint density at radius 2 is 1.62 bits per heavy atom. The highest BCUT2D eigenvalue weighted by atomic mass is 32.2. The summed E-state index contributed by atoms with van der Waals surface area (Å²) in [4.78, 5) is 14.9. The Morgan fingerprint density at radius 3 is 2.26 bits per heavy atom. The van der Waals surface area contributed by atoms with Gasteiger partial charge in [-0.05, 0) is 61.4 Å². The monoisotopic (exact) mass is 493 g/mol. The van der Waals surface area contributed by atoms with Gasteiger partial charge in [-0.1, -0.05) is 49.9 Å². The van der Waals surface area contributed by atoms with Crippen molar-refractivity contribution < 1.29 is 13.2 Å². The summed E-state index contributed by atoms with van der Waals surface area (Å²) >= 11 is 1.34. The molecule has 1 N–H and O–H groups in total. The minimum absolute atomic E-state index is 0.153. The summed E-state index contributed by atoms with van der Waals surface area (Å²) < 4.78 is 27.5. The Balaban J connectivity index is 1.97. The zero-order valence-electron chi connectivity index (χ0n) is 19.6. The lowest BCUT2D eigenvalue weighted by Crippen LogP contribution is -2.30. The molecule has 3 aromatic carbocycles. The van der Waals surface area contributed by atoms with Crippen LogP contribution in [0.25, 0.3) is 0 Å². The second-order valence-electron chi connectivity index (χ2n) is 7.66. The largest absolute Gasteiger partial charge is 0.322 e. The number of rotatable bonds is 8. The number of nitrogens with zero attached hydrogens (tertiary/aromatic N) is 2. The van der Waals surface area contributed by atoms with E-state index in [1.165, 1.54) is 22.1 Å². The first-order chi connectivity index (χ1) is 16.2. The quantitative estimate of drug-likeness (QED) is 0.440. The molecule has 0 aromatic heterocycles. The van der Waals surface area contributed by atoms with Gasteiger partial charge in [-0.15, -0.1) is 0 Å². The van der Waals surface area contributed by atoms with E-state index in [4.69, 9.17) is 0 Å². The maximum absolute atomic E-state index is 13.3. The maximum atomic E-state index is 13.3. The van der Waals surface area contributed by atoms with Crippen molar-refractivity contribution in [3.05, 3.63) is 82.9 Å². The molecule has 0 heterocycles. The summed E-state index contributed by atoms with van der Waals surface area (Å²) in [5, 5.41) is 12.3. The van der Waals surface area contributed by atoms with Gasteiger partial charge >= 0.3 is 0 Å². The summed E-state index contributed by atoms with van der Waals surface area (Å²) in [6.45, 7) is 8.00. The SMILES string of the molecule is CCN(CC)S(=O)(=O)c1cc(C)c(C)c(NC(=O)c2ccccc2Sc2ccccc2C#N)c1. The fourth-order valence-corrected chi connectivity index (χ4v) is 6.11. The van der Waals surface area contributed by atoms with Crippen molar-refractivity contribution >= 4 is 33.4 Å². The van der Waals surface area contributed by atoms with Gasteiger partial charge in [-0.2, -0.15) is 9.57 Å². The van der Waals surface area contributed by atoms with Crippen molar-refractivity contribution in [2.24, 2.45) is 0 Å². The first-order valence-corrected chi connectivity index (χ1v) is 13.2. The minimum Gasteiger partial charge on any atom is -0.322 e. The van der Waals surface area contributed by atoms with Gasteiger partial charge in [0, 0.05) is 28.6 Å². The molecule has 0 aliphatic rings. The van der Waals surface area contributed by atoms with Gasteiger partial charge in [-0.25, -0.2) is 8.42 Å². The predicted molar refractivity (Wildman–Crippen MR) is 136 cm³/mol. The first kappa shape index (κ1) is 25.5. The molecule has 0 radical (unpaired) electrons. The van der Waals surface area contributed by atoms with E-state index in [0.29, 0.717) is 34.8 Å². The minimum atomic E-state index is -3.67. The molecule has 0 aliphatic heterocycles. The van der Waals surface area contributed by atoms with E-state index < -0.39 is 10.0 Å². The van der Waals surface area contributed by atoms with Crippen LogP contribution in [0.2, 0.25) is 0 Å². The van der Waals surface area contributed by atoms with Gasteiger partial charge < -0.3 is 5.32 Å². The lowest BCUT2D eigenvalue weighted by molar-refractivity contribution is 0.102. The summed E-state index contributed by atoms with van der Waals surface area (Å²) in [5.74, 6) is -0.350. The van der Waals surface area contributed by atoms with Crippen LogP contribution in [0, 0.1) is 25.2 Å². The molecule has 0 saturated heterocycles. The van der Waals surface area contributed by atoms with Gasteiger partial charge in [-0.3, -0.25) is 4.79 Å². The molecule has 176 valence electrons. The van der Waals surface area contributed by atoms with Crippen LogP contribution in [0.4, 0.5) is 5.69 Å². The van der Waals surface area contributed by atoms with Crippen LogP contribution in [0.3, 0.4) is 0 Å². The third-order valence-electron chi connectivity index (χ3n) is 5.59. The fourth-order valence-electron chi connectivity index (χ4n) is 3.52. The number of nitriles is 1. The van der Waals surface area contributed by atoms with Crippen LogP contribution in [0.1, 0.15) is 40.9 Å². The predicted octanol–water partition coefficient (Wildman–Crippen LogP) is 5.61. The molecule has 0 spiro atoms. The number of hydrogen-bond donors (Lipinski definition) is 1. The molecule has 34 heavy (non-hydrogen) atoms. The van der Waals surface area contributed by atoms with Crippen molar-refractivity contribution in [2.45, 2.75) is 42.4 Å². The van der Waals surface area contributed by atoms with Crippen molar-refractivity contribution in [3.63, 3.8) is 0 Å². The average Bonchev–Trinajstić information content (AvgIpc) is 2.83. The van der Waals surface area contributed by atoms with Crippen molar-refractivity contribution in [2.75, 3.05) is 18.4 Å². The maximum Gasteiger partial charge on any atom is 0.256 e. The molecular weight excluding hydrogens is 466 g/mol. The molecule has 0 fully saturated rings. The Bertz CT molecular complexity index is 1360. The van der Waals surface area contributed by atoms with Gasteiger partial charge in [0.2, 0.25) is 10.0 Å². The van der Waals surface area contributed by atoms with E-state index in [-0.39, 0.29) is 10.8 Å². The Kier molecular flexibility index (Phi) is 8.15. The summed E-state index contributed by atoms with van der Waals surface area (Å²) in [5.41, 5.74) is 2.99. The Hall–Kier alpha value is -3.12. The van der Waals surface area contributed by atoms with Gasteiger partial charge in [0.1, 0.15) is 6.07 Å². The van der Waals surface area contributed by atoms with E-state index in [1.54, 1.807) is 44.2 Å². The van der Waals surface area contributed by atoms with Crippen LogP contribution in [-0.4, -0.2) is 31.7 Å². The standard InChI is InChI=1S/C26H27N3O3S2/c1-5-29(6-2)34(31,32)21-15-18(3)19(4)23(16-21)28-26(30)22-12-8-10-14-25(22)33-24-13-9-7-11-20(24)17-27/h7-16H,5-6H2,1-4H3,(H,28,30). The molecule has 3 aromatic rings. The number of carbonyl (C=O) groups is 1. The van der Waals surface area contributed by atoms with Crippen LogP contribution in [0.5, 0.6) is 0 Å². The molecule has 3 rings (SSSR count). The van der Waals surface area contributed by atoms with Crippen LogP contribution >= 0.6 is 11.8 Å². The first-order valence-electron chi connectivity index (χ1n) is 10.9. The highest BCUT2D eigenvalue weighted by molar-refractivity contribution is 7.99. The number of anilines is 1. The number of carbonyl (C=O) groups excluding carboxylic acids is 1. The third kappa shape index (κ3) is 5.33. The average molecular weight is 494 g/mol. The normalized spacial score (nSPS) is 11.3. The van der Waals surface area contributed by atoms with Crippen LogP contribution < -0.4 is 5.32 Å². The number of amides is 1. The van der Waals surface area contributed by atoms with E-state index in [2.05, 4.69) is 11.4 Å². The molecule has 0 bridgehead atoms. The molecule has 0 atom stereocenters. The summed E-state index contributed by atoms with van der Waals surface area (Å²) in [7, 11) is -3.67. The van der Waals surface area contributed by atoms with Gasteiger partial charge in [0.05, 0.1) is 16.0 Å². The zero-order valence-corrected chi connectivity index (χ0v) is 21.3. The number of hydrogen-bond acceptors (Lipinski definition) is 5. The van der Waals surface area contributed by atoms with E-state index >= 15 is 0 Å². The van der Waals surface area contributed by atoms with Crippen LogP contribution in [0.15, 0.2) is 75.4 Å². The molecular formula is C26H27N3O3S2. The summed E-state index contributed by atoms with van der Waals surface area (Å²) in [6, 6.07) is 19.7. The zero-order chi connectivity index (χ0) is 24.9. The second-order valence-corrected chi connectivity index (χ2v) is 10.7. The molecule has 0 saturated carbocycles. The highest BCUT2D eigenvalue weighted by Crippen LogP contribution is 2.33.